The first-order valence-electron chi connectivity index (χ1n) is 9.76. The van der Waals surface area contributed by atoms with E-state index in [0.29, 0.717) is 6.54 Å². The second-order valence-electron chi connectivity index (χ2n) is 8.50. The molecule has 0 aliphatic heterocycles. The Morgan fingerprint density at radius 2 is 1.93 bits per heavy atom. The number of benzene rings is 2. The van der Waals surface area contributed by atoms with Crippen molar-refractivity contribution in [2.75, 3.05) is 0 Å². The van der Waals surface area contributed by atoms with Crippen LogP contribution in [0.25, 0.3) is 16.7 Å². The summed E-state index contributed by atoms with van der Waals surface area (Å²) in [6, 6.07) is 12.6. The van der Waals surface area contributed by atoms with E-state index < -0.39 is 0 Å². The normalized spacial score (nSPS) is 18.1. The number of aromatic nitrogens is 4. The predicted molar refractivity (Wildman–Crippen MR) is 107 cm³/mol. The summed E-state index contributed by atoms with van der Waals surface area (Å²) in [7, 11) is 0. The molecule has 4 aromatic rings. The molecule has 0 saturated heterocycles. The standard InChI is InChI=1S/C22H22FN5O/c1-22(2)10-20(24-12-14-3-8-18-19(9-14)27-29-26-18)17-13-25-28(21(17)11-22)16-6-4-15(23)5-7-16/h3-9,13,20,24H,10-12H2,1-2H3. The van der Waals surface area contributed by atoms with Gasteiger partial charge in [-0.05, 0) is 70.5 Å². The predicted octanol–water partition coefficient (Wildman–Crippen LogP) is 4.35. The van der Waals surface area contributed by atoms with Crippen LogP contribution in [0.2, 0.25) is 0 Å². The Balaban J connectivity index is 1.43. The van der Waals surface area contributed by atoms with Crippen LogP contribution in [0, 0.1) is 11.2 Å². The van der Waals surface area contributed by atoms with Gasteiger partial charge in [-0.15, -0.1) is 0 Å². The van der Waals surface area contributed by atoms with E-state index in [1.807, 2.05) is 29.1 Å². The van der Waals surface area contributed by atoms with Gasteiger partial charge in [-0.2, -0.15) is 5.10 Å². The van der Waals surface area contributed by atoms with Crippen LogP contribution in [-0.2, 0) is 13.0 Å². The van der Waals surface area contributed by atoms with E-state index in [2.05, 4.69) is 34.6 Å². The van der Waals surface area contributed by atoms with Crippen molar-refractivity contribution in [3.05, 3.63) is 71.3 Å². The van der Waals surface area contributed by atoms with Crippen LogP contribution < -0.4 is 5.32 Å². The lowest BCUT2D eigenvalue weighted by Crippen LogP contribution is -2.33. The van der Waals surface area contributed by atoms with Gasteiger partial charge in [-0.1, -0.05) is 19.9 Å². The van der Waals surface area contributed by atoms with Gasteiger partial charge in [0, 0.05) is 23.8 Å². The molecular weight excluding hydrogens is 369 g/mol. The topological polar surface area (TPSA) is 68.8 Å². The third-order valence-corrected chi connectivity index (χ3v) is 5.62. The fourth-order valence-corrected chi connectivity index (χ4v) is 4.21. The molecule has 1 atom stereocenters. The maximum absolute atomic E-state index is 13.3. The molecule has 0 bridgehead atoms. The van der Waals surface area contributed by atoms with E-state index in [0.717, 1.165) is 35.1 Å². The van der Waals surface area contributed by atoms with Crippen LogP contribution in [0.1, 0.15) is 43.1 Å². The number of hydrogen-bond acceptors (Lipinski definition) is 5. The van der Waals surface area contributed by atoms with Gasteiger partial charge < -0.3 is 5.32 Å². The maximum atomic E-state index is 13.3. The summed E-state index contributed by atoms with van der Waals surface area (Å²) in [5, 5.41) is 16.1. The lowest BCUT2D eigenvalue weighted by atomic mass is 9.74. The highest BCUT2D eigenvalue weighted by Crippen LogP contribution is 2.41. The Bertz CT molecular complexity index is 1160. The molecule has 5 rings (SSSR count). The van der Waals surface area contributed by atoms with Gasteiger partial charge in [0.1, 0.15) is 16.9 Å². The highest BCUT2D eigenvalue weighted by Gasteiger charge is 2.35. The quantitative estimate of drug-likeness (QED) is 0.560. The lowest BCUT2D eigenvalue weighted by Gasteiger charge is -2.36. The molecule has 1 N–H and O–H groups in total. The minimum atomic E-state index is -0.242. The molecule has 2 aromatic heterocycles. The molecule has 0 amide bonds. The highest BCUT2D eigenvalue weighted by atomic mass is 19.1. The lowest BCUT2D eigenvalue weighted by molar-refractivity contribution is 0.253. The van der Waals surface area contributed by atoms with E-state index >= 15 is 0 Å². The third kappa shape index (κ3) is 3.42. The largest absolute Gasteiger partial charge is 0.306 e. The molecule has 0 spiro atoms. The summed E-state index contributed by atoms with van der Waals surface area (Å²) < 4.78 is 20.1. The average Bonchev–Trinajstić information content (AvgIpc) is 3.32. The first kappa shape index (κ1) is 18.0. The Morgan fingerprint density at radius 1 is 1.14 bits per heavy atom. The summed E-state index contributed by atoms with van der Waals surface area (Å²) in [4.78, 5) is 0. The third-order valence-electron chi connectivity index (χ3n) is 5.62. The van der Waals surface area contributed by atoms with Crippen molar-refractivity contribution < 1.29 is 9.02 Å². The zero-order chi connectivity index (χ0) is 20.0. The molecular formula is C22H22FN5O. The number of rotatable bonds is 4. The van der Waals surface area contributed by atoms with Crippen LogP contribution in [-0.4, -0.2) is 20.1 Å². The zero-order valence-corrected chi connectivity index (χ0v) is 16.4. The van der Waals surface area contributed by atoms with E-state index in [9.17, 15) is 4.39 Å². The molecule has 7 heteroatoms. The van der Waals surface area contributed by atoms with Gasteiger partial charge in [0.2, 0.25) is 0 Å². The first-order valence-corrected chi connectivity index (χ1v) is 9.76. The van der Waals surface area contributed by atoms with Crippen molar-refractivity contribution in [2.24, 2.45) is 5.41 Å². The Kier molecular flexibility index (Phi) is 4.20. The van der Waals surface area contributed by atoms with Crippen LogP contribution in [0.5, 0.6) is 0 Å². The Labute approximate surface area is 167 Å². The number of nitrogens with zero attached hydrogens (tertiary/aromatic N) is 4. The van der Waals surface area contributed by atoms with Crippen LogP contribution in [0.3, 0.4) is 0 Å². The van der Waals surface area contributed by atoms with Crippen molar-refractivity contribution >= 4 is 11.0 Å². The average molecular weight is 391 g/mol. The van der Waals surface area contributed by atoms with Gasteiger partial charge >= 0.3 is 0 Å². The Hall–Kier alpha value is -3.06. The highest BCUT2D eigenvalue weighted by molar-refractivity contribution is 5.73. The number of halogens is 1. The molecule has 1 unspecified atom stereocenters. The summed E-state index contributed by atoms with van der Waals surface area (Å²) in [5.74, 6) is -0.242. The maximum Gasteiger partial charge on any atom is 0.135 e. The molecule has 6 nitrogen and oxygen atoms in total. The smallest absolute Gasteiger partial charge is 0.135 e. The molecule has 1 aliphatic carbocycles. The molecule has 29 heavy (non-hydrogen) atoms. The minimum absolute atomic E-state index is 0.127. The SMILES string of the molecule is CC1(C)Cc2c(cnn2-c2ccc(F)cc2)C(NCc2ccc3nonc3c2)C1. The van der Waals surface area contributed by atoms with Crippen LogP contribution >= 0.6 is 0 Å². The Morgan fingerprint density at radius 3 is 2.76 bits per heavy atom. The molecule has 0 radical (unpaired) electrons. The van der Waals surface area contributed by atoms with Gasteiger partial charge in [0.25, 0.3) is 0 Å². The van der Waals surface area contributed by atoms with Crippen molar-refractivity contribution in [1.82, 2.24) is 25.4 Å². The molecule has 0 saturated carbocycles. The van der Waals surface area contributed by atoms with Gasteiger partial charge in [0.15, 0.2) is 0 Å². The van der Waals surface area contributed by atoms with Crippen molar-refractivity contribution in [2.45, 2.75) is 39.3 Å². The fraction of sp³-hybridized carbons (Fsp3) is 0.318. The summed E-state index contributed by atoms with van der Waals surface area (Å²) in [6.07, 6.45) is 3.88. The van der Waals surface area contributed by atoms with Crippen LogP contribution in [0.15, 0.2) is 53.3 Å². The second-order valence-corrected chi connectivity index (χ2v) is 8.50. The fourth-order valence-electron chi connectivity index (χ4n) is 4.21. The van der Waals surface area contributed by atoms with Crippen molar-refractivity contribution in [3.8, 4) is 5.69 Å². The first-order chi connectivity index (χ1) is 14.0. The summed E-state index contributed by atoms with van der Waals surface area (Å²) >= 11 is 0. The van der Waals surface area contributed by atoms with Gasteiger partial charge in [0.05, 0.1) is 11.9 Å². The molecule has 1 aliphatic rings. The van der Waals surface area contributed by atoms with E-state index in [-0.39, 0.29) is 17.3 Å². The van der Waals surface area contributed by atoms with Crippen molar-refractivity contribution in [1.29, 1.82) is 0 Å². The van der Waals surface area contributed by atoms with E-state index in [4.69, 9.17) is 4.63 Å². The summed E-state index contributed by atoms with van der Waals surface area (Å²) in [5.41, 5.74) is 6.05. The number of nitrogens with one attached hydrogen (secondary N) is 1. The summed E-state index contributed by atoms with van der Waals surface area (Å²) in [6.45, 7) is 5.27. The minimum Gasteiger partial charge on any atom is -0.306 e. The number of fused-ring (bicyclic) bond motifs is 2. The van der Waals surface area contributed by atoms with Gasteiger partial charge in [-0.25, -0.2) is 13.7 Å². The van der Waals surface area contributed by atoms with Crippen LogP contribution in [0.4, 0.5) is 4.39 Å². The van der Waals surface area contributed by atoms with E-state index in [1.165, 1.54) is 23.4 Å². The second kappa shape index (κ2) is 6.77. The molecule has 148 valence electrons. The van der Waals surface area contributed by atoms with E-state index in [1.54, 1.807) is 12.1 Å². The zero-order valence-electron chi connectivity index (χ0n) is 16.4. The molecule has 2 heterocycles. The molecule has 0 fully saturated rings. The van der Waals surface area contributed by atoms with Crippen molar-refractivity contribution in [3.63, 3.8) is 0 Å². The number of hydrogen-bond donors (Lipinski definition) is 1. The van der Waals surface area contributed by atoms with Gasteiger partial charge in [-0.3, -0.25) is 0 Å². The monoisotopic (exact) mass is 391 g/mol. The molecule has 2 aromatic carbocycles.